The van der Waals surface area contributed by atoms with E-state index in [1.54, 1.807) is 22.6 Å². The summed E-state index contributed by atoms with van der Waals surface area (Å²) in [5.41, 5.74) is -0.645. The zero-order valence-electron chi connectivity index (χ0n) is 10.5. The topological polar surface area (TPSA) is 64.6 Å². The quantitative estimate of drug-likeness (QED) is 0.366. The van der Waals surface area contributed by atoms with E-state index in [0.29, 0.717) is 3.57 Å². The molecule has 8 heteroatoms. The van der Waals surface area contributed by atoms with Crippen molar-refractivity contribution in [3.8, 4) is 0 Å². The van der Waals surface area contributed by atoms with Crippen molar-refractivity contribution in [2.75, 3.05) is 19.5 Å². The number of nitrogens with one attached hydrogen (secondary N) is 1. The summed E-state index contributed by atoms with van der Waals surface area (Å²) in [5, 5.41) is 2.34. The normalized spacial score (nSPS) is 10.9. The van der Waals surface area contributed by atoms with Gasteiger partial charge >= 0.3 is 11.9 Å². The van der Waals surface area contributed by atoms with Crippen molar-refractivity contribution in [2.45, 2.75) is 0 Å². The summed E-state index contributed by atoms with van der Waals surface area (Å²) in [6, 6.07) is 2.26. The van der Waals surface area contributed by atoms with Gasteiger partial charge in [-0.2, -0.15) is 0 Å². The zero-order chi connectivity index (χ0) is 15.3. The Morgan fingerprint density at radius 1 is 1.25 bits per heavy atom. The molecule has 1 rings (SSSR count). The third-order valence-corrected chi connectivity index (χ3v) is 3.07. The first-order chi connectivity index (χ1) is 9.40. The molecule has 0 saturated carbocycles. The molecule has 0 saturated heterocycles. The number of rotatable bonds is 4. The Kier molecular flexibility index (Phi) is 5.86. The van der Waals surface area contributed by atoms with Crippen LogP contribution in [0.4, 0.5) is 14.5 Å². The maximum Gasteiger partial charge on any atom is 0.354 e. The van der Waals surface area contributed by atoms with Crippen molar-refractivity contribution in [2.24, 2.45) is 0 Å². The second-order valence-electron chi connectivity index (χ2n) is 3.42. The minimum Gasteiger partial charge on any atom is -0.466 e. The number of hydrogen-bond acceptors (Lipinski definition) is 5. The largest absolute Gasteiger partial charge is 0.466 e. The summed E-state index contributed by atoms with van der Waals surface area (Å²) in [6.07, 6.45) is 0.784. The number of esters is 2. The first kappa shape index (κ1) is 16.3. The molecule has 0 radical (unpaired) electrons. The molecule has 1 N–H and O–H groups in total. The number of hydrogen-bond donors (Lipinski definition) is 1. The first-order valence-corrected chi connectivity index (χ1v) is 6.27. The Balaban J connectivity index is 3.21. The molecule has 1 aromatic carbocycles. The van der Waals surface area contributed by atoms with Gasteiger partial charge in [0.25, 0.3) is 0 Å². The molecular formula is C12H10F2INO4. The predicted octanol–water partition coefficient (Wildman–Crippen LogP) is 2.21. The molecule has 0 heterocycles. The first-order valence-electron chi connectivity index (χ1n) is 5.19. The molecule has 5 nitrogen and oxygen atoms in total. The van der Waals surface area contributed by atoms with Crippen LogP contribution in [0.25, 0.3) is 0 Å². The van der Waals surface area contributed by atoms with Crippen LogP contribution in [0.15, 0.2) is 23.9 Å². The van der Waals surface area contributed by atoms with Gasteiger partial charge in [0.15, 0.2) is 11.6 Å². The van der Waals surface area contributed by atoms with Crippen LogP contribution in [-0.4, -0.2) is 26.2 Å². The molecule has 0 amide bonds. The van der Waals surface area contributed by atoms with Crippen LogP contribution < -0.4 is 5.32 Å². The molecule has 0 aromatic heterocycles. The Labute approximate surface area is 127 Å². The number of ether oxygens (including phenoxy) is 2. The summed E-state index contributed by atoms with van der Waals surface area (Å²) in [7, 11) is 2.20. The average molecular weight is 397 g/mol. The molecule has 0 atom stereocenters. The van der Waals surface area contributed by atoms with Crippen LogP contribution >= 0.6 is 22.6 Å². The van der Waals surface area contributed by atoms with Crippen LogP contribution in [0.1, 0.15) is 0 Å². The molecule has 0 aliphatic rings. The molecule has 0 aliphatic heterocycles. The van der Waals surface area contributed by atoms with Gasteiger partial charge in [0.05, 0.1) is 26.0 Å². The molecule has 0 unspecified atom stereocenters. The second kappa shape index (κ2) is 7.17. The van der Waals surface area contributed by atoms with Crippen molar-refractivity contribution in [1.82, 2.24) is 0 Å². The summed E-state index contributed by atoms with van der Waals surface area (Å²) < 4.78 is 36.0. The van der Waals surface area contributed by atoms with Gasteiger partial charge in [-0.25, -0.2) is 18.4 Å². The van der Waals surface area contributed by atoms with E-state index in [1.165, 1.54) is 6.07 Å². The Morgan fingerprint density at radius 3 is 2.45 bits per heavy atom. The predicted molar refractivity (Wildman–Crippen MR) is 74.8 cm³/mol. The summed E-state index contributed by atoms with van der Waals surface area (Å²) >= 11 is 1.75. The van der Waals surface area contributed by atoms with Crippen LogP contribution in [0.2, 0.25) is 0 Å². The Morgan fingerprint density at radius 2 is 1.90 bits per heavy atom. The standard InChI is InChI=1S/C12H10F2INO4/c1-19-9(17)5-8(12(18)20-2)16-11-7(15)4-3-6(13)10(11)14/h3-5,16H,1-2H3/b8-5+. The van der Waals surface area contributed by atoms with E-state index >= 15 is 0 Å². The summed E-state index contributed by atoms with van der Waals surface area (Å²) in [4.78, 5) is 22.6. The fraction of sp³-hybridized carbons (Fsp3) is 0.167. The highest BCUT2D eigenvalue weighted by molar-refractivity contribution is 14.1. The molecule has 0 bridgehead atoms. The number of methoxy groups -OCH3 is 2. The molecule has 1 aromatic rings. The Bertz CT molecular complexity index is 575. The number of carbonyl (C=O) groups is 2. The van der Waals surface area contributed by atoms with Crippen molar-refractivity contribution in [3.63, 3.8) is 0 Å². The minimum absolute atomic E-state index is 0.272. The molecule has 0 spiro atoms. The van der Waals surface area contributed by atoms with E-state index in [1.807, 2.05) is 0 Å². The van der Waals surface area contributed by atoms with Gasteiger partial charge in [0, 0.05) is 3.57 Å². The van der Waals surface area contributed by atoms with E-state index in [0.717, 1.165) is 26.4 Å². The van der Waals surface area contributed by atoms with E-state index in [2.05, 4.69) is 14.8 Å². The van der Waals surface area contributed by atoms with Gasteiger partial charge in [-0.1, -0.05) is 0 Å². The van der Waals surface area contributed by atoms with Crippen molar-refractivity contribution >= 4 is 40.2 Å². The van der Waals surface area contributed by atoms with Crippen LogP contribution in [0.3, 0.4) is 0 Å². The molecule has 20 heavy (non-hydrogen) atoms. The maximum absolute atomic E-state index is 13.7. The monoisotopic (exact) mass is 397 g/mol. The lowest BCUT2D eigenvalue weighted by Gasteiger charge is -2.12. The highest BCUT2D eigenvalue weighted by Gasteiger charge is 2.18. The smallest absolute Gasteiger partial charge is 0.354 e. The lowest BCUT2D eigenvalue weighted by atomic mass is 10.2. The lowest BCUT2D eigenvalue weighted by molar-refractivity contribution is -0.138. The number of anilines is 1. The summed E-state index contributed by atoms with van der Waals surface area (Å²) in [5.74, 6) is -4.02. The number of halogens is 3. The highest BCUT2D eigenvalue weighted by atomic mass is 127. The highest BCUT2D eigenvalue weighted by Crippen LogP contribution is 2.25. The molecule has 0 fully saturated rings. The minimum atomic E-state index is -1.17. The van der Waals surface area contributed by atoms with Gasteiger partial charge in [-0.15, -0.1) is 0 Å². The van der Waals surface area contributed by atoms with Crippen LogP contribution in [-0.2, 0) is 19.1 Å². The molecule has 0 aliphatic carbocycles. The maximum atomic E-state index is 13.7. The third-order valence-electron chi connectivity index (χ3n) is 2.17. The number of carbonyl (C=O) groups excluding carboxylic acids is 2. The van der Waals surface area contributed by atoms with E-state index in [-0.39, 0.29) is 11.4 Å². The van der Waals surface area contributed by atoms with Crippen molar-refractivity contribution in [1.29, 1.82) is 0 Å². The van der Waals surface area contributed by atoms with Gasteiger partial charge in [-0.3, -0.25) is 0 Å². The molecule has 108 valence electrons. The lowest BCUT2D eigenvalue weighted by Crippen LogP contribution is -2.17. The van der Waals surface area contributed by atoms with Crippen molar-refractivity contribution < 1.29 is 27.8 Å². The molecular weight excluding hydrogens is 387 g/mol. The fourth-order valence-electron chi connectivity index (χ4n) is 1.21. The third kappa shape index (κ3) is 3.89. The van der Waals surface area contributed by atoms with Gasteiger partial charge < -0.3 is 14.8 Å². The van der Waals surface area contributed by atoms with Gasteiger partial charge in [-0.05, 0) is 34.7 Å². The fourth-order valence-corrected chi connectivity index (χ4v) is 1.76. The van der Waals surface area contributed by atoms with Gasteiger partial charge in [0.1, 0.15) is 5.70 Å². The van der Waals surface area contributed by atoms with E-state index in [9.17, 15) is 18.4 Å². The number of benzene rings is 1. The Hall–Kier alpha value is -1.71. The zero-order valence-corrected chi connectivity index (χ0v) is 12.7. The summed E-state index contributed by atoms with van der Waals surface area (Å²) in [6.45, 7) is 0. The van der Waals surface area contributed by atoms with Crippen LogP contribution in [0, 0.1) is 15.2 Å². The van der Waals surface area contributed by atoms with Gasteiger partial charge in [0.2, 0.25) is 0 Å². The second-order valence-corrected chi connectivity index (χ2v) is 4.58. The average Bonchev–Trinajstić information content (AvgIpc) is 2.45. The van der Waals surface area contributed by atoms with Crippen LogP contribution in [0.5, 0.6) is 0 Å². The van der Waals surface area contributed by atoms with E-state index in [4.69, 9.17) is 0 Å². The van der Waals surface area contributed by atoms with E-state index < -0.39 is 23.6 Å². The van der Waals surface area contributed by atoms with Crippen molar-refractivity contribution in [3.05, 3.63) is 39.1 Å². The SMILES string of the molecule is COC(=O)/C=C(/Nc1c(I)ccc(F)c1F)C(=O)OC.